The Bertz CT molecular complexity index is 1950. The summed E-state index contributed by atoms with van der Waals surface area (Å²) in [6, 6.07) is 24.8. The Hall–Kier alpha value is -5.07. The third kappa shape index (κ3) is 6.88. The van der Waals surface area contributed by atoms with Crippen molar-refractivity contribution in [2.75, 3.05) is 11.5 Å². The number of Topliss-reactive ketones (excluding diaryl/α,β-unsaturated/α-hetero) is 1. The first-order valence-electron chi connectivity index (χ1n) is 14.5. The molecule has 12 heteroatoms. The molecule has 0 spiro atoms. The van der Waals surface area contributed by atoms with E-state index in [2.05, 4.69) is 10.2 Å². The smallest absolute Gasteiger partial charge is 0.301 e. The van der Waals surface area contributed by atoms with Crippen molar-refractivity contribution in [3.05, 3.63) is 137 Å². The zero-order valence-electron chi connectivity index (χ0n) is 24.9. The summed E-state index contributed by atoms with van der Waals surface area (Å²) >= 11 is 2.29. The van der Waals surface area contributed by atoms with Crippen LogP contribution in [0.1, 0.15) is 35.2 Å². The Balaban J connectivity index is 1.39. The van der Waals surface area contributed by atoms with Crippen LogP contribution in [0.25, 0.3) is 5.76 Å². The lowest BCUT2D eigenvalue weighted by Gasteiger charge is -2.23. The van der Waals surface area contributed by atoms with Crippen LogP contribution in [-0.4, -0.2) is 33.6 Å². The molecule has 2 heterocycles. The molecule has 0 aliphatic carbocycles. The van der Waals surface area contributed by atoms with Gasteiger partial charge in [0.2, 0.25) is 5.13 Å². The molecule has 8 nitrogen and oxygen atoms in total. The van der Waals surface area contributed by atoms with Gasteiger partial charge in [0.05, 0.1) is 18.2 Å². The topological polar surface area (TPSA) is 102 Å². The molecule has 5 aromatic rings. The number of ether oxygens (including phenoxy) is 2. The summed E-state index contributed by atoms with van der Waals surface area (Å²) in [5.41, 5.74) is 1.80. The molecule has 1 N–H and O–H groups in total. The number of aliphatic hydroxyl groups excluding tert-OH is 1. The molecule has 1 atom stereocenters. The van der Waals surface area contributed by atoms with Crippen LogP contribution in [0.4, 0.5) is 13.9 Å². The molecular formula is C35H27F2N3O5S2. The number of aromatic nitrogens is 2. The van der Waals surface area contributed by atoms with Crippen molar-refractivity contribution in [1.82, 2.24) is 10.2 Å². The second kappa shape index (κ2) is 14.1. The van der Waals surface area contributed by atoms with Crippen molar-refractivity contribution < 1.29 is 33.0 Å². The number of aliphatic hydroxyl groups is 1. The van der Waals surface area contributed by atoms with Gasteiger partial charge in [-0.25, -0.2) is 8.78 Å². The van der Waals surface area contributed by atoms with Gasteiger partial charge in [-0.3, -0.25) is 14.5 Å². The highest BCUT2D eigenvalue weighted by Gasteiger charge is 2.48. The number of halogens is 2. The van der Waals surface area contributed by atoms with E-state index in [1.165, 1.54) is 34.9 Å². The molecule has 47 heavy (non-hydrogen) atoms. The average molecular weight is 672 g/mol. The summed E-state index contributed by atoms with van der Waals surface area (Å²) in [4.78, 5) is 28.5. The molecule has 6 rings (SSSR count). The third-order valence-electron chi connectivity index (χ3n) is 7.29. The lowest BCUT2D eigenvalue weighted by atomic mass is 9.95. The summed E-state index contributed by atoms with van der Waals surface area (Å²) in [5, 5.41) is 19.9. The van der Waals surface area contributed by atoms with Crippen molar-refractivity contribution in [2.45, 2.75) is 29.7 Å². The second-order valence-electron chi connectivity index (χ2n) is 10.3. The van der Waals surface area contributed by atoms with Crippen molar-refractivity contribution in [3.63, 3.8) is 0 Å². The Morgan fingerprint density at radius 3 is 2.40 bits per heavy atom. The van der Waals surface area contributed by atoms with Crippen LogP contribution in [0.3, 0.4) is 0 Å². The van der Waals surface area contributed by atoms with E-state index in [9.17, 15) is 23.5 Å². The van der Waals surface area contributed by atoms with E-state index in [0.717, 1.165) is 29.0 Å². The van der Waals surface area contributed by atoms with Gasteiger partial charge in [-0.05, 0) is 66.1 Å². The minimum atomic E-state index is -1.14. The molecule has 0 radical (unpaired) electrons. The van der Waals surface area contributed by atoms with Crippen molar-refractivity contribution >= 4 is 45.7 Å². The third-order valence-corrected chi connectivity index (χ3v) is 9.40. The summed E-state index contributed by atoms with van der Waals surface area (Å²) in [7, 11) is 0. The normalized spacial score (nSPS) is 15.6. The minimum absolute atomic E-state index is 0.105. The first-order chi connectivity index (χ1) is 22.8. The highest BCUT2D eigenvalue weighted by molar-refractivity contribution is 8.00. The number of benzene rings is 4. The van der Waals surface area contributed by atoms with E-state index in [1.807, 2.05) is 37.3 Å². The quantitative estimate of drug-likeness (QED) is 0.0501. The van der Waals surface area contributed by atoms with Crippen LogP contribution in [0.5, 0.6) is 11.5 Å². The van der Waals surface area contributed by atoms with Gasteiger partial charge in [0, 0.05) is 11.3 Å². The lowest BCUT2D eigenvalue weighted by molar-refractivity contribution is -0.132. The molecular weight excluding hydrogens is 645 g/mol. The van der Waals surface area contributed by atoms with E-state index in [-0.39, 0.29) is 34.4 Å². The maximum Gasteiger partial charge on any atom is 0.301 e. The van der Waals surface area contributed by atoms with Gasteiger partial charge in [-0.2, -0.15) is 0 Å². The SMILES string of the molecule is CCOc1cc(C2/C(=C(\O)c3ccc(F)cc3)C(=O)C(=O)N2c2nnc(SCc3ccccc3F)s2)ccc1OCc1ccccc1. The van der Waals surface area contributed by atoms with Gasteiger partial charge in [-0.15, -0.1) is 10.2 Å². The zero-order valence-corrected chi connectivity index (χ0v) is 26.6. The molecule has 1 saturated heterocycles. The van der Waals surface area contributed by atoms with Gasteiger partial charge in [0.1, 0.15) is 24.0 Å². The van der Waals surface area contributed by atoms with Gasteiger partial charge in [-0.1, -0.05) is 77.7 Å². The number of carbonyl (C=O) groups excluding carboxylic acids is 2. The first-order valence-corrected chi connectivity index (χ1v) is 16.3. The standard InChI is InChI=1S/C35H27F2N3O5S2/c1-2-44-28-18-23(14-17-27(28)45-19-21-8-4-3-5-9-21)30-29(31(41)22-12-15-25(36)16-13-22)32(42)33(43)40(30)34-38-39-35(47-34)46-20-24-10-6-7-11-26(24)37/h3-18,30,41H,2,19-20H2,1H3/b31-29+. The fourth-order valence-corrected chi connectivity index (χ4v) is 6.89. The maximum absolute atomic E-state index is 14.2. The predicted molar refractivity (Wildman–Crippen MR) is 175 cm³/mol. The summed E-state index contributed by atoms with van der Waals surface area (Å²) < 4.78 is 40.3. The largest absolute Gasteiger partial charge is 0.507 e. The van der Waals surface area contributed by atoms with Gasteiger partial charge in [0.15, 0.2) is 15.8 Å². The maximum atomic E-state index is 14.2. The van der Waals surface area contributed by atoms with Gasteiger partial charge >= 0.3 is 5.91 Å². The Morgan fingerprint density at radius 1 is 0.915 bits per heavy atom. The number of amides is 1. The van der Waals surface area contributed by atoms with Crippen molar-refractivity contribution in [3.8, 4) is 11.5 Å². The minimum Gasteiger partial charge on any atom is -0.507 e. The van der Waals surface area contributed by atoms with E-state index in [1.54, 1.807) is 36.4 Å². The number of nitrogens with zero attached hydrogens (tertiary/aromatic N) is 3. The molecule has 238 valence electrons. The Morgan fingerprint density at radius 2 is 1.66 bits per heavy atom. The van der Waals surface area contributed by atoms with Gasteiger partial charge < -0.3 is 14.6 Å². The van der Waals surface area contributed by atoms with Crippen LogP contribution in [0.15, 0.2) is 107 Å². The van der Waals surface area contributed by atoms with Crippen LogP contribution < -0.4 is 14.4 Å². The number of hydrogen-bond acceptors (Lipinski definition) is 9. The molecule has 1 aromatic heterocycles. The molecule has 1 fully saturated rings. The number of thioether (sulfide) groups is 1. The molecule has 1 aliphatic heterocycles. The highest BCUT2D eigenvalue weighted by Crippen LogP contribution is 2.45. The fraction of sp³-hybridized carbons (Fsp3) is 0.143. The predicted octanol–water partition coefficient (Wildman–Crippen LogP) is 7.71. The van der Waals surface area contributed by atoms with E-state index in [0.29, 0.717) is 33.6 Å². The Kier molecular flexibility index (Phi) is 9.60. The number of hydrogen-bond donors (Lipinski definition) is 1. The number of anilines is 1. The molecule has 1 aliphatic rings. The Labute approximate surface area is 277 Å². The van der Waals surface area contributed by atoms with E-state index in [4.69, 9.17) is 9.47 Å². The molecule has 0 bridgehead atoms. The van der Waals surface area contributed by atoms with E-state index < -0.39 is 29.3 Å². The molecule has 1 amide bonds. The average Bonchev–Trinajstić information content (AvgIpc) is 3.66. The monoisotopic (exact) mass is 671 g/mol. The number of ketones is 1. The number of carbonyl (C=O) groups is 2. The lowest BCUT2D eigenvalue weighted by Crippen LogP contribution is -2.29. The van der Waals surface area contributed by atoms with Crippen LogP contribution >= 0.6 is 23.1 Å². The number of rotatable bonds is 11. The highest BCUT2D eigenvalue weighted by atomic mass is 32.2. The summed E-state index contributed by atoms with van der Waals surface area (Å²) in [6.45, 7) is 2.40. The summed E-state index contributed by atoms with van der Waals surface area (Å²) in [6.07, 6.45) is 0. The van der Waals surface area contributed by atoms with Crippen molar-refractivity contribution in [1.29, 1.82) is 0 Å². The van der Waals surface area contributed by atoms with Crippen molar-refractivity contribution in [2.24, 2.45) is 0 Å². The van der Waals surface area contributed by atoms with Gasteiger partial charge in [0.25, 0.3) is 5.78 Å². The van der Waals surface area contributed by atoms with Crippen LogP contribution in [0.2, 0.25) is 0 Å². The van der Waals surface area contributed by atoms with Crippen LogP contribution in [0, 0.1) is 11.6 Å². The second-order valence-corrected chi connectivity index (χ2v) is 12.5. The molecule has 1 unspecified atom stereocenters. The van der Waals surface area contributed by atoms with E-state index >= 15 is 0 Å². The molecule has 4 aromatic carbocycles. The zero-order chi connectivity index (χ0) is 32.9. The summed E-state index contributed by atoms with van der Waals surface area (Å²) in [5.74, 6) is -2.15. The van der Waals surface area contributed by atoms with Crippen LogP contribution in [-0.2, 0) is 21.9 Å². The first kappa shape index (κ1) is 31.9. The molecule has 0 saturated carbocycles. The fourth-order valence-electron chi connectivity index (χ4n) is 5.04.